The summed E-state index contributed by atoms with van der Waals surface area (Å²) in [6, 6.07) is 11.6. The number of benzene rings is 1. The largest absolute Gasteiger partial charge is 0.464 e. The number of rotatable bonds is 7. The van der Waals surface area contributed by atoms with Crippen LogP contribution in [0.2, 0.25) is 18.1 Å². The summed E-state index contributed by atoms with van der Waals surface area (Å²) < 4.78 is 13.0. The van der Waals surface area contributed by atoms with Gasteiger partial charge >= 0.3 is 5.97 Å². The standard InChI is InChI=1S/C22H31N3O3Si/c1-22(2,3)29(5,6)28-14-10-13-25-19(16-11-8-7-9-12-16)17(15-23)18(24)20(25)21(26)27-4/h7-9,11-12H,10,13-14,24H2,1-6H3. The van der Waals surface area contributed by atoms with E-state index >= 15 is 0 Å². The zero-order valence-corrected chi connectivity index (χ0v) is 19.2. The summed E-state index contributed by atoms with van der Waals surface area (Å²) in [5.74, 6) is -0.550. The molecule has 29 heavy (non-hydrogen) atoms. The Labute approximate surface area is 174 Å². The van der Waals surface area contributed by atoms with Crippen molar-refractivity contribution in [2.75, 3.05) is 19.5 Å². The summed E-state index contributed by atoms with van der Waals surface area (Å²) in [6.45, 7) is 12.1. The summed E-state index contributed by atoms with van der Waals surface area (Å²) in [6.07, 6.45) is 0.690. The minimum Gasteiger partial charge on any atom is -0.464 e. The number of methoxy groups -OCH3 is 1. The predicted molar refractivity (Wildman–Crippen MR) is 118 cm³/mol. The maximum absolute atomic E-state index is 12.4. The SMILES string of the molecule is COC(=O)c1c(N)c(C#N)c(-c2ccccc2)n1CCCO[Si](C)(C)C(C)(C)C. The van der Waals surface area contributed by atoms with Crippen LogP contribution in [0, 0.1) is 11.3 Å². The molecule has 2 rings (SSSR count). The summed E-state index contributed by atoms with van der Waals surface area (Å²) in [7, 11) is -0.540. The topological polar surface area (TPSA) is 90.3 Å². The number of carbonyl (C=O) groups excluding carboxylic acids is 1. The van der Waals surface area contributed by atoms with Gasteiger partial charge in [0.2, 0.25) is 0 Å². The molecular weight excluding hydrogens is 382 g/mol. The average molecular weight is 414 g/mol. The Morgan fingerprint density at radius 3 is 2.38 bits per heavy atom. The number of ether oxygens (including phenoxy) is 1. The number of nitrogens with zero attached hydrogens (tertiary/aromatic N) is 2. The summed E-state index contributed by atoms with van der Waals surface area (Å²) in [5.41, 5.74) is 8.33. The molecule has 7 heteroatoms. The second kappa shape index (κ2) is 8.85. The van der Waals surface area contributed by atoms with Crippen LogP contribution >= 0.6 is 0 Å². The van der Waals surface area contributed by atoms with Gasteiger partial charge in [-0.25, -0.2) is 4.79 Å². The van der Waals surface area contributed by atoms with Crippen molar-refractivity contribution in [1.82, 2.24) is 4.57 Å². The molecule has 2 aromatic rings. The Morgan fingerprint density at radius 1 is 1.24 bits per heavy atom. The van der Waals surface area contributed by atoms with E-state index in [0.717, 1.165) is 5.56 Å². The number of hydrogen-bond acceptors (Lipinski definition) is 5. The molecule has 0 saturated heterocycles. The zero-order chi connectivity index (χ0) is 21.8. The highest BCUT2D eigenvalue weighted by molar-refractivity contribution is 6.74. The molecule has 0 saturated carbocycles. The van der Waals surface area contributed by atoms with E-state index in [1.807, 2.05) is 30.3 Å². The van der Waals surface area contributed by atoms with Gasteiger partial charge in [0.1, 0.15) is 11.6 Å². The van der Waals surface area contributed by atoms with Crippen LogP contribution < -0.4 is 5.73 Å². The Morgan fingerprint density at radius 2 is 1.86 bits per heavy atom. The molecule has 0 fully saturated rings. The molecule has 2 N–H and O–H groups in total. The molecule has 0 spiro atoms. The van der Waals surface area contributed by atoms with Gasteiger partial charge in [0, 0.05) is 13.2 Å². The lowest BCUT2D eigenvalue weighted by molar-refractivity contribution is 0.0589. The Kier molecular flexibility index (Phi) is 6.93. The van der Waals surface area contributed by atoms with Crippen LogP contribution in [0.15, 0.2) is 30.3 Å². The zero-order valence-electron chi connectivity index (χ0n) is 18.2. The van der Waals surface area contributed by atoms with E-state index in [2.05, 4.69) is 39.9 Å². The Balaban J connectivity index is 2.39. The fourth-order valence-electron chi connectivity index (χ4n) is 2.95. The average Bonchev–Trinajstić information content (AvgIpc) is 2.95. The lowest BCUT2D eigenvalue weighted by atomic mass is 10.1. The summed E-state index contributed by atoms with van der Waals surface area (Å²) in [5, 5.41) is 9.84. The molecule has 0 unspecified atom stereocenters. The molecule has 1 aromatic heterocycles. The van der Waals surface area contributed by atoms with Crippen LogP contribution in [-0.2, 0) is 15.7 Å². The lowest BCUT2D eigenvalue weighted by Crippen LogP contribution is -2.41. The normalized spacial score (nSPS) is 11.9. The number of nitrogen functional groups attached to an aromatic ring is 1. The van der Waals surface area contributed by atoms with Gasteiger partial charge in [-0.15, -0.1) is 0 Å². The number of nitriles is 1. The van der Waals surface area contributed by atoms with Gasteiger partial charge in [-0.1, -0.05) is 51.1 Å². The summed E-state index contributed by atoms with van der Waals surface area (Å²) >= 11 is 0. The lowest BCUT2D eigenvalue weighted by Gasteiger charge is -2.36. The van der Waals surface area contributed by atoms with Crippen molar-refractivity contribution >= 4 is 20.0 Å². The minimum absolute atomic E-state index is 0.130. The van der Waals surface area contributed by atoms with Gasteiger partial charge in [-0.2, -0.15) is 5.26 Å². The van der Waals surface area contributed by atoms with E-state index in [1.54, 1.807) is 4.57 Å². The fourth-order valence-corrected chi connectivity index (χ4v) is 4.04. The predicted octanol–water partition coefficient (Wildman–Crippen LogP) is 4.81. The van der Waals surface area contributed by atoms with Crippen molar-refractivity contribution < 1.29 is 14.0 Å². The first-order valence-electron chi connectivity index (χ1n) is 9.75. The first kappa shape index (κ1) is 22.7. The van der Waals surface area contributed by atoms with Crippen molar-refractivity contribution in [3.05, 3.63) is 41.6 Å². The molecule has 1 aromatic carbocycles. The molecule has 0 amide bonds. The maximum atomic E-state index is 12.4. The van der Waals surface area contributed by atoms with Crippen LogP contribution in [0.25, 0.3) is 11.3 Å². The van der Waals surface area contributed by atoms with Crippen LogP contribution in [0.4, 0.5) is 5.69 Å². The first-order valence-corrected chi connectivity index (χ1v) is 12.7. The number of nitrogens with two attached hydrogens (primary N) is 1. The molecule has 0 bridgehead atoms. The van der Waals surface area contributed by atoms with Gasteiger partial charge in [0.05, 0.1) is 18.5 Å². The third-order valence-electron chi connectivity index (χ3n) is 5.63. The molecule has 0 atom stereocenters. The van der Waals surface area contributed by atoms with Crippen LogP contribution in [0.1, 0.15) is 43.2 Å². The molecule has 156 valence electrons. The van der Waals surface area contributed by atoms with Crippen LogP contribution in [-0.4, -0.2) is 32.6 Å². The van der Waals surface area contributed by atoms with Crippen molar-refractivity contribution in [2.24, 2.45) is 0 Å². The van der Waals surface area contributed by atoms with Crippen molar-refractivity contribution in [1.29, 1.82) is 5.26 Å². The molecule has 0 aliphatic rings. The van der Waals surface area contributed by atoms with Gasteiger partial charge < -0.3 is 19.5 Å². The second-order valence-electron chi connectivity index (χ2n) is 8.57. The summed E-state index contributed by atoms with van der Waals surface area (Å²) in [4.78, 5) is 12.4. The molecule has 0 radical (unpaired) electrons. The van der Waals surface area contributed by atoms with Gasteiger partial charge in [0.25, 0.3) is 0 Å². The van der Waals surface area contributed by atoms with E-state index < -0.39 is 14.3 Å². The van der Waals surface area contributed by atoms with Gasteiger partial charge in [0.15, 0.2) is 14.0 Å². The first-order chi connectivity index (χ1) is 13.5. The molecular formula is C22H31N3O3Si. The maximum Gasteiger partial charge on any atom is 0.356 e. The highest BCUT2D eigenvalue weighted by Crippen LogP contribution is 2.37. The fraction of sp³-hybridized carbons (Fsp3) is 0.455. The van der Waals surface area contributed by atoms with E-state index in [4.69, 9.17) is 14.9 Å². The number of aromatic nitrogens is 1. The van der Waals surface area contributed by atoms with E-state index in [-0.39, 0.29) is 16.4 Å². The number of anilines is 1. The molecule has 6 nitrogen and oxygen atoms in total. The third-order valence-corrected chi connectivity index (χ3v) is 10.2. The second-order valence-corrected chi connectivity index (χ2v) is 13.4. The van der Waals surface area contributed by atoms with E-state index in [0.29, 0.717) is 30.8 Å². The quantitative estimate of drug-likeness (QED) is 0.400. The van der Waals surface area contributed by atoms with Crippen molar-refractivity contribution in [2.45, 2.75) is 51.9 Å². The highest BCUT2D eigenvalue weighted by Gasteiger charge is 2.37. The Hall–Kier alpha value is -2.56. The smallest absolute Gasteiger partial charge is 0.356 e. The third kappa shape index (κ3) is 4.71. The van der Waals surface area contributed by atoms with E-state index in [9.17, 15) is 10.1 Å². The van der Waals surface area contributed by atoms with Gasteiger partial charge in [-0.3, -0.25) is 0 Å². The number of carbonyl (C=O) groups is 1. The number of hydrogen-bond donors (Lipinski definition) is 1. The molecule has 1 heterocycles. The van der Waals surface area contributed by atoms with E-state index in [1.165, 1.54) is 7.11 Å². The molecule has 0 aliphatic heterocycles. The van der Waals surface area contributed by atoms with Crippen molar-refractivity contribution in [3.8, 4) is 17.3 Å². The Bertz CT molecular complexity index is 906. The van der Waals surface area contributed by atoms with Crippen molar-refractivity contribution in [3.63, 3.8) is 0 Å². The highest BCUT2D eigenvalue weighted by atomic mass is 28.4. The van der Waals surface area contributed by atoms with Gasteiger partial charge in [-0.05, 0) is 30.1 Å². The minimum atomic E-state index is -1.85. The monoisotopic (exact) mass is 413 g/mol. The van der Waals surface area contributed by atoms with Crippen LogP contribution in [0.5, 0.6) is 0 Å². The van der Waals surface area contributed by atoms with Crippen LogP contribution in [0.3, 0.4) is 0 Å². The number of esters is 1. The molecule has 0 aliphatic carbocycles.